The fourth-order valence-corrected chi connectivity index (χ4v) is 1.65. The molecule has 0 saturated carbocycles. The predicted molar refractivity (Wildman–Crippen MR) is 63.0 cm³/mol. The van der Waals surface area contributed by atoms with Gasteiger partial charge in [-0.3, -0.25) is 9.78 Å². The number of pyridine rings is 1. The minimum absolute atomic E-state index is 0.0244. The van der Waals surface area contributed by atoms with Crippen LogP contribution in [0.15, 0.2) is 24.7 Å². The van der Waals surface area contributed by atoms with Gasteiger partial charge >= 0.3 is 6.18 Å². The minimum atomic E-state index is -4.46. The molecule has 5 nitrogen and oxygen atoms in total. The first kappa shape index (κ1) is 14.2. The van der Waals surface area contributed by atoms with Crippen LogP contribution in [-0.4, -0.2) is 25.5 Å². The number of Topliss-reactive ketones (excluding diaryl/α,β-unsaturated/α-hetero) is 1. The number of carbonyl (C=O) groups is 1. The van der Waals surface area contributed by atoms with Crippen LogP contribution in [0.2, 0.25) is 0 Å². The zero-order valence-electron chi connectivity index (χ0n) is 10.6. The molecule has 0 radical (unpaired) electrons. The molecule has 0 aliphatic carbocycles. The normalized spacial score (nSPS) is 11.6. The smallest absolute Gasteiger partial charge is 0.292 e. The Morgan fingerprint density at radius 3 is 2.60 bits per heavy atom. The van der Waals surface area contributed by atoms with Gasteiger partial charge in [0, 0.05) is 12.7 Å². The third-order valence-electron chi connectivity index (χ3n) is 2.69. The van der Waals surface area contributed by atoms with Gasteiger partial charge < -0.3 is 0 Å². The average molecular weight is 284 g/mol. The van der Waals surface area contributed by atoms with E-state index in [1.165, 1.54) is 6.33 Å². The highest BCUT2D eigenvalue weighted by Gasteiger charge is 2.30. The van der Waals surface area contributed by atoms with E-state index >= 15 is 0 Å². The van der Waals surface area contributed by atoms with E-state index in [9.17, 15) is 18.0 Å². The number of nitrogens with zero attached hydrogens (tertiary/aromatic N) is 4. The maximum Gasteiger partial charge on any atom is 0.417 e. The second kappa shape index (κ2) is 5.40. The maximum atomic E-state index is 12.4. The quantitative estimate of drug-likeness (QED) is 0.807. The van der Waals surface area contributed by atoms with Crippen LogP contribution in [0.4, 0.5) is 13.2 Å². The van der Waals surface area contributed by atoms with Gasteiger partial charge in [-0.25, -0.2) is 9.67 Å². The van der Waals surface area contributed by atoms with Crippen LogP contribution in [0.1, 0.15) is 28.8 Å². The lowest BCUT2D eigenvalue weighted by molar-refractivity contribution is -0.137. The van der Waals surface area contributed by atoms with Gasteiger partial charge in [-0.2, -0.15) is 18.3 Å². The van der Waals surface area contributed by atoms with Crippen LogP contribution < -0.4 is 0 Å². The van der Waals surface area contributed by atoms with Crippen molar-refractivity contribution in [3.8, 4) is 0 Å². The van der Waals surface area contributed by atoms with Crippen LogP contribution in [0.3, 0.4) is 0 Å². The number of aromatic nitrogens is 4. The molecule has 106 valence electrons. The molecule has 0 fully saturated rings. The summed E-state index contributed by atoms with van der Waals surface area (Å²) in [7, 11) is 0. The molecule has 0 bridgehead atoms. The van der Waals surface area contributed by atoms with E-state index in [-0.39, 0.29) is 12.1 Å². The monoisotopic (exact) mass is 284 g/mol. The molecular weight excluding hydrogens is 273 g/mol. The van der Waals surface area contributed by atoms with Crippen molar-refractivity contribution in [3.05, 3.63) is 41.7 Å². The molecule has 2 heterocycles. The molecule has 20 heavy (non-hydrogen) atoms. The number of aryl methyl sites for hydroxylation is 1. The maximum absolute atomic E-state index is 12.4. The third-order valence-corrected chi connectivity index (χ3v) is 2.69. The van der Waals surface area contributed by atoms with Gasteiger partial charge in [0.25, 0.3) is 0 Å². The zero-order valence-corrected chi connectivity index (χ0v) is 10.6. The SMILES string of the molecule is CCn1ncnc1CC(=O)c1ccc(C(F)(F)F)cn1. The highest BCUT2D eigenvalue weighted by Crippen LogP contribution is 2.28. The first-order valence-electron chi connectivity index (χ1n) is 5.85. The molecule has 0 amide bonds. The topological polar surface area (TPSA) is 60.7 Å². The Morgan fingerprint density at radius 1 is 1.30 bits per heavy atom. The van der Waals surface area contributed by atoms with Crippen molar-refractivity contribution in [2.45, 2.75) is 26.1 Å². The number of ketones is 1. The Morgan fingerprint density at radius 2 is 2.05 bits per heavy atom. The van der Waals surface area contributed by atoms with Gasteiger partial charge in [0.1, 0.15) is 17.8 Å². The Hall–Kier alpha value is -2.25. The summed E-state index contributed by atoms with van der Waals surface area (Å²) in [6, 6.07) is 1.91. The second-order valence-electron chi connectivity index (χ2n) is 4.02. The van der Waals surface area contributed by atoms with Crippen molar-refractivity contribution in [2.75, 3.05) is 0 Å². The van der Waals surface area contributed by atoms with E-state index in [0.717, 1.165) is 12.1 Å². The first-order chi connectivity index (χ1) is 9.41. The summed E-state index contributed by atoms with van der Waals surface area (Å²) in [6.07, 6.45) is -2.53. The fourth-order valence-electron chi connectivity index (χ4n) is 1.65. The molecular formula is C12H11F3N4O. The Balaban J connectivity index is 2.14. The summed E-state index contributed by atoms with van der Waals surface area (Å²) in [6.45, 7) is 2.40. The number of carbonyl (C=O) groups excluding carboxylic acids is 1. The molecule has 2 rings (SSSR count). The molecule has 0 spiro atoms. The average Bonchev–Trinajstić information content (AvgIpc) is 2.85. The van der Waals surface area contributed by atoms with Crippen LogP contribution >= 0.6 is 0 Å². The number of rotatable bonds is 4. The van der Waals surface area contributed by atoms with Crippen molar-refractivity contribution >= 4 is 5.78 Å². The van der Waals surface area contributed by atoms with Gasteiger partial charge in [0.15, 0.2) is 5.78 Å². The third kappa shape index (κ3) is 3.01. The zero-order chi connectivity index (χ0) is 14.8. The molecule has 8 heteroatoms. The largest absolute Gasteiger partial charge is 0.417 e. The Labute approximate surface area is 112 Å². The summed E-state index contributed by atoms with van der Waals surface area (Å²) in [5.41, 5.74) is -0.908. The Kier molecular flexibility index (Phi) is 3.82. The van der Waals surface area contributed by atoms with Crippen molar-refractivity contribution in [2.24, 2.45) is 0 Å². The van der Waals surface area contributed by atoms with E-state index in [1.807, 2.05) is 6.92 Å². The van der Waals surface area contributed by atoms with Gasteiger partial charge in [-0.1, -0.05) is 0 Å². The van der Waals surface area contributed by atoms with E-state index < -0.39 is 17.5 Å². The molecule has 0 atom stereocenters. The van der Waals surface area contributed by atoms with Crippen molar-refractivity contribution < 1.29 is 18.0 Å². The van der Waals surface area contributed by atoms with Crippen LogP contribution in [0.25, 0.3) is 0 Å². The summed E-state index contributed by atoms with van der Waals surface area (Å²) < 4.78 is 38.7. The first-order valence-corrected chi connectivity index (χ1v) is 5.85. The number of hydrogen-bond acceptors (Lipinski definition) is 4. The van der Waals surface area contributed by atoms with Crippen LogP contribution in [0, 0.1) is 0 Å². The Bertz CT molecular complexity index is 604. The molecule has 2 aromatic rings. The molecule has 0 saturated heterocycles. The van der Waals surface area contributed by atoms with E-state index in [0.29, 0.717) is 18.6 Å². The minimum Gasteiger partial charge on any atom is -0.292 e. The lowest BCUT2D eigenvalue weighted by atomic mass is 10.1. The number of halogens is 3. The van der Waals surface area contributed by atoms with E-state index in [4.69, 9.17) is 0 Å². The molecule has 2 aromatic heterocycles. The summed E-state index contributed by atoms with van der Waals surface area (Å²) >= 11 is 0. The molecule has 0 unspecified atom stereocenters. The summed E-state index contributed by atoms with van der Waals surface area (Å²) in [5, 5.41) is 3.91. The molecule has 0 N–H and O–H groups in total. The van der Waals surface area contributed by atoms with E-state index in [1.54, 1.807) is 4.68 Å². The van der Waals surface area contributed by atoms with Gasteiger partial charge in [-0.05, 0) is 19.1 Å². The van der Waals surface area contributed by atoms with Gasteiger partial charge in [0.2, 0.25) is 0 Å². The lowest BCUT2D eigenvalue weighted by Crippen LogP contribution is -2.13. The molecule has 0 aliphatic rings. The van der Waals surface area contributed by atoms with Crippen LogP contribution in [-0.2, 0) is 19.1 Å². The standard InChI is InChI=1S/C12H11F3N4O/c1-2-19-11(17-7-18-19)5-10(20)9-4-3-8(6-16-9)12(13,14)15/h3-4,6-7H,2,5H2,1H3. The summed E-state index contributed by atoms with van der Waals surface area (Å²) in [4.78, 5) is 19.4. The van der Waals surface area contributed by atoms with Gasteiger partial charge in [0.05, 0.1) is 12.0 Å². The number of hydrogen-bond donors (Lipinski definition) is 0. The van der Waals surface area contributed by atoms with Crippen molar-refractivity contribution in [1.29, 1.82) is 0 Å². The van der Waals surface area contributed by atoms with Gasteiger partial charge in [-0.15, -0.1) is 0 Å². The predicted octanol–water partition coefficient (Wildman–Crippen LogP) is 2.14. The number of alkyl halides is 3. The molecule has 0 aliphatic heterocycles. The van der Waals surface area contributed by atoms with Crippen molar-refractivity contribution in [1.82, 2.24) is 19.7 Å². The van der Waals surface area contributed by atoms with E-state index in [2.05, 4.69) is 15.1 Å². The lowest BCUT2D eigenvalue weighted by Gasteiger charge is -2.06. The highest BCUT2D eigenvalue weighted by atomic mass is 19.4. The second-order valence-corrected chi connectivity index (χ2v) is 4.02. The molecule has 0 aromatic carbocycles. The van der Waals surface area contributed by atoms with Crippen molar-refractivity contribution in [3.63, 3.8) is 0 Å². The summed E-state index contributed by atoms with van der Waals surface area (Å²) in [5.74, 6) is 0.0561. The highest BCUT2D eigenvalue weighted by molar-refractivity contribution is 5.95. The van der Waals surface area contributed by atoms with Crippen LogP contribution in [0.5, 0.6) is 0 Å². The fraction of sp³-hybridized carbons (Fsp3) is 0.333.